The van der Waals surface area contributed by atoms with Crippen molar-refractivity contribution in [2.75, 3.05) is 0 Å². The maximum absolute atomic E-state index is 13.1. The van der Waals surface area contributed by atoms with Crippen LogP contribution in [0.1, 0.15) is 5.69 Å². The maximum Gasteiger partial charge on any atom is 0.142 e. The van der Waals surface area contributed by atoms with Gasteiger partial charge in [0.25, 0.3) is 0 Å². The van der Waals surface area contributed by atoms with Crippen LogP contribution in [-0.4, -0.2) is 33.5 Å². The SMILES string of the molecule is [B]C([B])([B])c1cc(-c2cncc(F)c2)cc(Cl)n1. The summed E-state index contributed by atoms with van der Waals surface area (Å²) in [6.45, 7) is 0. The van der Waals surface area contributed by atoms with Crippen LogP contribution in [0.15, 0.2) is 30.6 Å². The molecule has 0 spiro atoms. The largest absolute Gasteiger partial charge is 0.261 e. The molecule has 2 rings (SSSR count). The van der Waals surface area contributed by atoms with Crippen molar-refractivity contribution in [2.24, 2.45) is 0 Å². The fraction of sp³-hybridized carbons (Fsp3) is 0.0909. The Bertz CT molecular complexity index is 587. The minimum Gasteiger partial charge on any atom is -0.261 e. The van der Waals surface area contributed by atoms with E-state index in [9.17, 15) is 4.39 Å². The topological polar surface area (TPSA) is 25.8 Å². The molecule has 0 saturated carbocycles. The van der Waals surface area contributed by atoms with Crippen LogP contribution in [0, 0.1) is 5.82 Å². The summed E-state index contributed by atoms with van der Waals surface area (Å²) in [5.74, 6) is -0.457. The lowest BCUT2D eigenvalue weighted by Crippen LogP contribution is -2.28. The normalized spacial score (nSPS) is 11.4. The number of hydrogen-bond donors (Lipinski definition) is 0. The van der Waals surface area contributed by atoms with E-state index in [1.54, 1.807) is 12.1 Å². The molecule has 2 heterocycles. The van der Waals surface area contributed by atoms with E-state index in [0.29, 0.717) is 11.1 Å². The summed E-state index contributed by atoms with van der Waals surface area (Å²) in [4.78, 5) is 7.68. The standard InChI is InChI=1S/C11H5B3ClFN2/c12-11(13,14)9-2-6(3-10(15)18-9)7-1-8(16)5-17-4-7/h1-5H. The van der Waals surface area contributed by atoms with Gasteiger partial charge >= 0.3 is 0 Å². The zero-order valence-electron chi connectivity index (χ0n) is 9.27. The highest BCUT2D eigenvalue weighted by atomic mass is 35.5. The van der Waals surface area contributed by atoms with Gasteiger partial charge in [-0.3, -0.25) is 4.98 Å². The molecule has 0 aliphatic carbocycles. The number of nitrogens with zero attached hydrogens (tertiary/aromatic N) is 2. The number of pyridine rings is 2. The van der Waals surface area contributed by atoms with Gasteiger partial charge in [0.1, 0.15) is 11.0 Å². The van der Waals surface area contributed by atoms with Crippen LogP contribution < -0.4 is 0 Å². The lowest BCUT2D eigenvalue weighted by atomic mass is 9.41. The van der Waals surface area contributed by atoms with Crippen LogP contribution in [0.3, 0.4) is 0 Å². The molecule has 0 unspecified atom stereocenters. The second-order valence-electron chi connectivity index (χ2n) is 3.89. The van der Waals surface area contributed by atoms with Gasteiger partial charge in [-0.25, -0.2) is 9.37 Å². The van der Waals surface area contributed by atoms with Gasteiger partial charge in [-0.05, 0) is 23.8 Å². The lowest BCUT2D eigenvalue weighted by molar-refractivity contribution is 0.622. The Balaban J connectivity index is 2.55. The highest BCUT2D eigenvalue weighted by Crippen LogP contribution is 2.25. The van der Waals surface area contributed by atoms with Gasteiger partial charge in [0.05, 0.1) is 29.7 Å². The summed E-state index contributed by atoms with van der Waals surface area (Å²) in [7, 11) is 16.6. The van der Waals surface area contributed by atoms with E-state index in [-0.39, 0.29) is 10.8 Å². The Hall–Kier alpha value is -1.29. The highest BCUT2D eigenvalue weighted by molar-refractivity contribution is 6.58. The van der Waals surface area contributed by atoms with Gasteiger partial charge in [0.15, 0.2) is 0 Å². The van der Waals surface area contributed by atoms with Crippen molar-refractivity contribution in [3.8, 4) is 11.1 Å². The molecule has 0 bridgehead atoms. The van der Waals surface area contributed by atoms with Crippen LogP contribution in [-0.2, 0) is 5.11 Å². The van der Waals surface area contributed by atoms with Gasteiger partial charge in [-0.15, -0.1) is 0 Å². The van der Waals surface area contributed by atoms with Crippen molar-refractivity contribution in [2.45, 2.75) is 5.11 Å². The summed E-state index contributed by atoms with van der Waals surface area (Å²) in [5.41, 5.74) is 1.32. The van der Waals surface area contributed by atoms with E-state index in [0.717, 1.165) is 6.20 Å². The minimum atomic E-state index is -1.61. The summed E-state index contributed by atoms with van der Waals surface area (Å²) < 4.78 is 13.1. The fourth-order valence-electron chi connectivity index (χ4n) is 1.46. The third-order valence-corrected chi connectivity index (χ3v) is 2.47. The number of rotatable bonds is 2. The minimum absolute atomic E-state index is 0.164. The van der Waals surface area contributed by atoms with Gasteiger partial charge in [-0.2, -0.15) is 0 Å². The monoisotopic (exact) mass is 252 g/mol. The maximum atomic E-state index is 13.1. The first-order chi connectivity index (χ1) is 8.36. The third kappa shape index (κ3) is 2.93. The zero-order chi connectivity index (χ0) is 13.3. The predicted molar refractivity (Wildman–Crippen MR) is 71.4 cm³/mol. The van der Waals surface area contributed by atoms with E-state index in [2.05, 4.69) is 9.97 Å². The molecule has 6 radical (unpaired) electrons. The summed E-state index contributed by atoms with van der Waals surface area (Å²) >= 11 is 5.85. The smallest absolute Gasteiger partial charge is 0.142 e. The number of aromatic nitrogens is 2. The fourth-order valence-corrected chi connectivity index (χ4v) is 1.66. The second-order valence-corrected chi connectivity index (χ2v) is 4.28. The van der Waals surface area contributed by atoms with Crippen molar-refractivity contribution < 1.29 is 4.39 Å². The van der Waals surface area contributed by atoms with Crippen LogP contribution in [0.5, 0.6) is 0 Å². The van der Waals surface area contributed by atoms with E-state index < -0.39 is 10.9 Å². The molecule has 0 atom stereocenters. The molecule has 0 fully saturated rings. The van der Waals surface area contributed by atoms with Crippen LogP contribution >= 0.6 is 11.6 Å². The molecular formula is C11H5B3ClFN2. The first-order valence-corrected chi connectivity index (χ1v) is 5.39. The molecular weight excluding hydrogens is 247 g/mol. The Kier molecular flexibility index (Phi) is 3.48. The second kappa shape index (κ2) is 4.77. The first kappa shape index (κ1) is 13.2. The van der Waals surface area contributed by atoms with E-state index in [1.807, 2.05) is 0 Å². The average Bonchev–Trinajstić information content (AvgIpc) is 2.27. The molecule has 2 nitrogen and oxygen atoms in total. The Morgan fingerprint density at radius 1 is 1.06 bits per heavy atom. The summed E-state index contributed by atoms with van der Waals surface area (Å²) in [5, 5.41) is -1.45. The van der Waals surface area contributed by atoms with Gasteiger partial charge in [-0.1, -0.05) is 16.7 Å². The van der Waals surface area contributed by atoms with E-state index in [4.69, 9.17) is 35.1 Å². The van der Waals surface area contributed by atoms with Crippen molar-refractivity contribution in [3.05, 3.63) is 47.3 Å². The molecule has 0 aliphatic heterocycles. The van der Waals surface area contributed by atoms with E-state index >= 15 is 0 Å². The number of hydrogen-bond acceptors (Lipinski definition) is 2. The van der Waals surface area contributed by atoms with Gasteiger partial charge < -0.3 is 0 Å². The molecule has 2 aromatic rings. The molecule has 0 aliphatic rings. The Morgan fingerprint density at radius 2 is 1.78 bits per heavy atom. The highest BCUT2D eigenvalue weighted by Gasteiger charge is 2.16. The molecule has 18 heavy (non-hydrogen) atoms. The lowest BCUT2D eigenvalue weighted by Gasteiger charge is -2.20. The van der Waals surface area contributed by atoms with Gasteiger partial charge in [0, 0.05) is 17.5 Å². The first-order valence-electron chi connectivity index (χ1n) is 5.02. The van der Waals surface area contributed by atoms with Crippen molar-refractivity contribution in [3.63, 3.8) is 0 Å². The molecule has 82 valence electrons. The van der Waals surface area contributed by atoms with Crippen LogP contribution in [0.4, 0.5) is 4.39 Å². The molecule has 0 N–H and O–H groups in total. The average molecular weight is 252 g/mol. The third-order valence-electron chi connectivity index (χ3n) is 2.28. The number of halogens is 2. The van der Waals surface area contributed by atoms with Crippen LogP contribution in [0.25, 0.3) is 11.1 Å². The van der Waals surface area contributed by atoms with E-state index in [1.165, 1.54) is 12.3 Å². The van der Waals surface area contributed by atoms with Crippen LogP contribution in [0.2, 0.25) is 5.15 Å². The molecule has 2 aromatic heterocycles. The molecule has 7 heteroatoms. The summed E-state index contributed by atoms with van der Waals surface area (Å²) in [6.07, 6.45) is 2.59. The molecule has 0 saturated heterocycles. The van der Waals surface area contributed by atoms with Crippen molar-refractivity contribution in [1.82, 2.24) is 9.97 Å². The Labute approximate surface area is 113 Å². The van der Waals surface area contributed by atoms with Crippen molar-refractivity contribution >= 4 is 35.1 Å². The molecule has 0 amide bonds. The molecule has 0 aromatic carbocycles. The zero-order valence-corrected chi connectivity index (χ0v) is 10.0. The Morgan fingerprint density at radius 3 is 2.39 bits per heavy atom. The van der Waals surface area contributed by atoms with Crippen molar-refractivity contribution in [1.29, 1.82) is 0 Å². The predicted octanol–water partition coefficient (Wildman–Crippen LogP) is 1.55. The quantitative estimate of drug-likeness (QED) is 0.598. The summed E-state index contributed by atoms with van der Waals surface area (Å²) in [6, 6.07) is 4.41. The van der Waals surface area contributed by atoms with Gasteiger partial charge in [0.2, 0.25) is 0 Å².